The molecule has 4 rings (SSSR count). The van der Waals surface area contributed by atoms with Gasteiger partial charge < -0.3 is 24.7 Å². The molecule has 1 atom stereocenters. The largest absolute Gasteiger partial charge is 0.497 e. The summed E-state index contributed by atoms with van der Waals surface area (Å²) in [6, 6.07) is 10.7. The van der Waals surface area contributed by atoms with E-state index in [-0.39, 0.29) is 17.8 Å². The molecule has 1 aliphatic rings. The molecule has 2 heterocycles. The first-order valence-corrected chi connectivity index (χ1v) is 11.1. The Morgan fingerprint density at radius 3 is 2.74 bits per heavy atom. The van der Waals surface area contributed by atoms with Crippen LogP contribution in [-0.4, -0.2) is 66.6 Å². The summed E-state index contributed by atoms with van der Waals surface area (Å²) in [4.78, 5) is 37.4. The van der Waals surface area contributed by atoms with E-state index in [4.69, 9.17) is 14.9 Å². The molecule has 2 N–H and O–H groups in total. The van der Waals surface area contributed by atoms with Crippen LogP contribution in [0.25, 0.3) is 11.0 Å². The average molecular weight is 480 g/mol. The fourth-order valence-corrected chi connectivity index (χ4v) is 4.11. The molecule has 1 aliphatic heterocycles. The van der Waals surface area contributed by atoms with E-state index >= 15 is 0 Å². The molecule has 2 aromatic carbocycles. The second-order valence-electron chi connectivity index (χ2n) is 8.23. The number of amidine groups is 1. The number of rotatable bonds is 4. The second-order valence-corrected chi connectivity index (χ2v) is 8.23. The van der Waals surface area contributed by atoms with Crippen LogP contribution in [0.3, 0.4) is 0 Å². The number of methoxy groups -OCH3 is 1. The molecule has 1 unspecified atom stereocenters. The molecular weight excluding hydrogens is 453 g/mol. The van der Waals surface area contributed by atoms with Crippen LogP contribution >= 0.6 is 0 Å². The number of nitrogens with zero attached hydrogens (tertiary/aromatic N) is 4. The number of amides is 2. The highest BCUT2D eigenvalue weighted by Crippen LogP contribution is 2.30. The number of ether oxygens (including phenoxy) is 1. The van der Waals surface area contributed by atoms with E-state index in [0.29, 0.717) is 53.4 Å². The number of carbonyl (C=O) groups excluding carboxylic acids is 2. The molecule has 1 aromatic heterocycles. The van der Waals surface area contributed by atoms with E-state index in [2.05, 4.69) is 9.98 Å². The maximum Gasteiger partial charge on any atom is 0.289 e. The second kappa shape index (κ2) is 9.96. The molecule has 0 bridgehead atoms. The van der Waals surface area contributed by atoms with E-state index in [1.807, 2.05) is 6.92 Å². The normalized spacial score (nSPS) is 16.8. The molecule has 0 aliphatic carbocycles. The molecule has 0 spiro atoms. The number of hydrogen-bond acceptors (Lipinski definition) is 5. The molecule has 0 saturated carbocycles. The third-order valence-corrected chi connectivity index (χ3v) is 5.89. The summed E-state index contributed by atoms with van der Waals surface area (Å²) in [6.45, 7) is 4.54. The van der Waals surface area contributed by atoms with Crippen molar-refractivity contribution in [3.63, 3.8) is 0 Å². The van der Waals surface area contributed by atoms with Gasteiger partial charge in [-0.2, -0.15) is 0 Å². The van der Waals surface area contributed by atoms with E-state index < -0.39 is 11.7 Å². The number of aliphatic imine (C=N–C) groups is 2. The van der Waals surface area contributed by atoms with Crippen molar-refractivity contribution in [2.45, 2.75) is 19.9 Å². The van der Waals surface area contributed by atoms with Gasteiger partial charge in [0.2, 0.25) is 0 Å². The summed E-state index contributed by atoms with van der Waals surface area (Å²) in [5, 5.41) is 0.687. The van der Waals surface area contributed by atoms with Gasteiger partial charge in [0.05, 0.1) is 18.4 Å². The smallest absolute Gasteiger partial charge is 0.289 e. The van der Waals surface area contributed by atoms with Crippen LogP contribution in [0.15, 0.2) is 56.9 Å². The number of aryl methyl sites for hydroxylation is 1. The van der Waals surface area contributed by atoms with Gasteiger partial charge in [-0.25, -0.2) is 14.4 Å². The minimum atomic E-state index is -0.454. The summed E-state index contributed by atoms with van der Waals surface area (Å²) in [5.74, 6) is -0.125. The molecule has 1 fully saturated rings. The number of nitrogens with two attached hydrogens (primary N) is 1. The Bertz CT molecular complexity index is 1330. The lowest BCUT2D eigenvalue weighted by Crippen LogP contribution is -2.57. The Kier molecular flexibility index (Phi) is 6.81. The molecule has 35 heavy (non-hydrogen) atoms. The van der Waals surface area contributed by atoms with Crippen LogP contribution in [-0.2, 0) is 4.79 Å². The van der Waals surface area contributed by atoms with Crippen LogP contribution in [0.2, 0.25) is 0 Å². The predicted octanol–water partition coefficient (Wildman–Crippen LogP) is 3.28. The van der Waals surface area contributed by atoms with Crippen molar-refractivity contribution in [3.8, 4) is 5.75 Å². The molecule has 3 aromatic rings. The van der Waals surface area contributed by atoms with E-state index in [0.717, 1.165) is 6.34 Å². The molecule has 182 valence electrons. The number of carbonyl (C=O) groups is 2. The summed E-state index contributed by atoms with van der Waals surface area (Å²) >= 11 is 0. The van der Waals surface area contributed by atoms with Crippen molar-refractivity contribution in [1.82, 2.24) is 9.80 Å². The number of halogens is 1. The standard InChI is InChI=1S/C25H26FN5O4/c1-15-13-30(24(32)22-16(2)35-21-8-7-19(34-3)12-20(21)22)9-10-31(15)25(33)23(27)29-14-28-18-6-4-5-17(26)11-18/h4-8,11-12,14-15H,9-10,13H2,1-3H3,(H2,27,28,29). The highest BCUT2D eigenvalue weighted by Gasteiger charge is 2.33. The Balaban J connectivity index is 1.44. The Hall–Kier alpha value is -4.21. The van der Waals surface area contributed by atoms with Crippen LogP contribution in [0, 0.1) is 12.7 Å². The van der Waals surface area contributed by atoms with Gasteiger partial charge in [-0.1, -0.05) is 6.07 Å². The summed E-state index contributed by atoms with van der Waals surface area (Å²) < 4.78 is 24.3. The lowest BCUT2D eigenvalue weighted by molar-refractivity contribution is -0.128. The SMILES string of the molecule is COc1ccc2oc(C)c(C(=O)N3CCN(C(=O)C(N)=NC=Nc4cccc(F)c4)C(C)C3)c2c1. The van der Waals surface area contributed by atoms with Crippen LogP contribution in [0.4, 0.5) is 10.1 Å². The first kappa shape index (κ1) is 23.9. The molecule has 0 radical (unpaired) electrons. The highest BCUT2D eigenvalue weighted by atomic mass is 19.1. The van der Waals surface area contributed by atoms with E-state index in [1.54, 1.807) is 48.1 Å². The van der Waals surface area contributed by atoms with Crippen molar-refractivity contribution < 1.29 is 23.1 Å². The van der Waals surface area contributed by atoms with Crippen LogP contribution < -0.4 is 10.5 Å². The van der Waals surface area contributed by atoms with Gasteiger partial charge >= 0.3 is 0 Å². The van der Waals surface area contributed by atoms with Crippen molar-refractivity contribution in [2.75, 3.05) is 26.7 Å². The van der Waals surface area contributed by atoms with Gasteiger partial charge in [-0.15, -0.1) is 0 Å². The average Bonchev–Trinajstić information content (AvgIpc) is 3.17. The molecule has 9 nitrogen and oxygen atoms in total. The van der Waals surface area contributed by atoms with Crippen LogP contribution in [0.5, 0.6) is 5.75 Å². The third kappa shape index (κ3) is 5.01. The van der Waals surface area contributed by atoms with Crippen LogP contribution in [0.1, 0.15) is 23.0 Å². The maximum absolute atomic E-state index is 13.4. The Labute approximate surface area is 201 Å². The van der Waals surface area contributed by atoms with Gasteiger partial charge in [0, 0.05) is 31.1 Å². The lowest BCUT2D eigenvalue weighted by Gasteiger charge is -2.39. The number of benzene rings is 2. The van der Waals surface area contributed by atoms with E-state index in [1.165, 1.54) is 18.2 Å². The van der Waals surface area contributed by atoms with E-state index in [9.17, 15) is 14.0 Å². The lowest BCUT2D eigenvalue weighted by atomic mass is 10.1. The van der Waals surface area contributed by atoms with Crippen molar-refractivity contribution in [2.24, 2.45) is 15.7 Å². The number of hydrogen-bond donors (Lipinski definition) is 1. The van der Waals surface area contributed by atoms with Gasteiger partial charge in [-0.05, 0) is 50.2 Å². The Morgan fingerprint density at radius 2 is 2.03 bits per heavy atom. The van der Waals surface area contributed by atoms with Crippen molar-refractivity contribution >= 4 is 40.6 Å². The fraction of sp³-hybridized carbons (Fsp3) is 0.280. The Morgan fingerprint density at radius 1 is 1.23 bits per heavy atom. The van der Waals surface area contributed by atoms with Gasteiger partial charge in [-0.3, -0.25) is 9.59 Å². The summed E-state index contributed by atoms with van der Waals surface area (Å²) in [6.07, 6.45) is 1.12. The minimum absolute atomic E-state index is 0.169. The first-order chi connectivity index (χ1) is 16.8. The van der Waals surface area contributed by atoms with Gasteiger partial charge in [0.25, 0.3) is 11.8 Å². The van der Waals surface area contributed by atoms with Crippen molar-refractivity contribution in [3.05, 3.63) is 59.6 Å². The first-order valence-electron chi connectivity index (χ1n) is 11.1. The van der Waals surface area contributed by atoms with Gasteiger partial charge in [0.1, 0.15) is 29.2 Å². The maximum atomic E-state index is 13.4. The summed E-state index contributed by atoms with van der Waals surface area (Å²) in [7, 11) is 1.57. The topological polar surface area (TPSA) is 114 Å². The number of piperazine rings is 1. The quantitative estimate of drug-likeness (QED) is 0.456. The minimum Gasteiger partial charge on any atom is -0.497 e. The molecule has 1 saturated heterocycles. The zero-order valence-electron chi connectivity index (χ0n) is 19.7. The zero-order chi connectivity index (χ0) is 25.1. The monoisotopic (exact) mass is 479 g/mol. The number of furan rings is 1. The third-order valence-electron chi connectivity index (χ3n) is 5.89. The molecule has 10 heteroatoms. The van der Waals surface area contributed by atoms with Crippen molar-refractivity contribution in [1.29, 1.82) is 0 Å². The number of fused-ring (bicyclic) bond motifs is 1. The van der Waals surface area contributed by atoms with Gasteiger partial charge in [0.15, 0.2) is 5.84 Å². The highest BCUT2D eigenvalue weighted by molar-refractivity contribution is 6.38. The fourth-order valence-electron chi connectivity index (χ4n) is 4.11. The molecular formula is C25H26FN5O4. The summed E-state index contributed by atoms with van der Waals surface area (Å²) in [5.41, 5.74) is 7.33. The predicted molar refractivity (Wildman–Crippen MR) is 131 cm³/mol. The molecule has 2 amide bonds. The zero-order valence-corrected chi connectivity index (χ0v) is 19.7.